The minimum absolute atomic E-state index is 0.0631. The third-order valence-corrected chi connectivity index (χ3v) is 11.4. The fourth-order valence-electron chi connectivity index (χ4n) is 9.71. The summed E-state index contributed by atoms with van der Waals surface area (Å²) in [6.45, 7) is 10.8. The SMILES string of the molecule is CCC1[C@@H](O)C2C3CC[C@H]([C@H](C)C[C@H](C)C(=O)O)[C@@]3(C)[C@@H](O)CC2[C@@]2(C)CC[C@@H](O)C[C@@H]12. The van der Waals surface area contributed by atoms with Crippen LogP contribution in [0.5, 0.6) is 0 Å². The molecule has 4 unspecified atom stereocenters. The maximum absolute atomic E-state index is 11.8. The lowest BCUT2D eigenvalue weighted by atomic mass is 9.41. The summed E-state index contributed by atoms with van der Waals surface area (Å²) in [5.74, 6) is 0.687. The average Bonchev–Trinajstić information content (AvgIpc) is 3.09. The summed E-state index contributed by atoms with van der Waals surface area (Å²) in [7, 11) is 0. The maximum atomic E-state index is 11.8. The fourth-order valence-corrected chi connectivity index (χ4v) is 9.71. The number of hydrogen-bond donors (Lipinski definition) is 4. The minimum Gasteiger partial charge on any atom is -0.481 e. The van der Waals surface area contributed by atoms with Crippen LogP contribution in [0.3, 0.4) is 0 Å². The summed E-state index contributed by atoms with van der Waals surface area (Å²) in [5, 5.41) is 43.3. The summed E-state index contributed by atoms with van der Waals surface area (Å²) in [6, 6.07) is 0. The zero-order valence-electron chi connectivity index (χ0n) is 20.7. The first-order valence-corrected chi connectivity index (χ1v) is 13.2. The van der Waals surface area contributed by atoms with E-state index in [-0.39, 0.29) is 64.5 Å². The molecule has 0 bridgehead atoms. The Morgan fingerprint density at radius 2 is 1.69 bits per heavy atom. The third-order valence-electron chi connectivity index (χ3n) is 11.4. The molecule has 4 fully saturated rings. The molecule has 4 aliphatic rings. The van der Waals surface area contributed by atoms with Crippen molar-refractivity contribution in [1.82, 2.24) is 0 Å². The van der Waals surface area contributed by atoms with Crippen LogP contribution in [0, 0.1) is 58.2 Å². The van der Waals surface area contributed by atoms with Gasteiger partial charge < -0.3 is 20.4 Å². The van der Waals surface area contributed by atoms with Crippen molar-refractivity contribution in [2.24, 2.45) is 58.2 Å². The highest BCUT2D eigenvalue weighted by Gasteiger charge is 2.67. The Hall–Kier alpha value is -0.650. The van der Waals surface area contributed by atoms with Crippen LogP contribution in [0.15, 0.2) is 0 Å². The Labute approximate surface area is 194 Å². The van der Waals surface area contributed by atoms with Crippen LogP contribution >= 0.6 is 0 Å². The van der Waals surface area contributed by atoms with Gasteiger partial charge in [-0.05, 0) is 97.2 Å². The van der Waals surface area contributed by atoms with Gasteiger partial charge in [0.05, 0.1) is 24.2 Å². The molecule has 5 nitrogen and oxygen atoms in total. The predicted molar refractivity (Wildman–Crippen MR) is 124 cm³/mol. The van der Waals surface area contributed by atoms with Gasteiger partial charge in [-0.2, -0.15) is 0 Å². The molecular formula is C27H46O5. The van der Waals surface area contributed by atoms with Crippen LogP contribution in [0.25, 0.3) is 0 Å². The summed E-state index contributed by atoms with van der Waals surface area (Å²) >= 11 is 0. The maximum Gasteiger partial charge on any atom is 0.306 e. The van der Waals surface area contributed by atoms with Crippen molar-refractivity contribution >= 4 is 5.97 Å². The number of carbonyl (C=O) groups is 1. The summed E-state index contributed by atoms with van der Waals surface area (Å²) in [4.78, 5) is 11.5. The van der Waals surface area contributed by atoms with Crippen molar-refractivity contribution in [2.75, 3.05) is 0 Å². The van der Waals surface area contributed by atoms with Crippen molar-refractivity contribution in [3.63, 3.8) is 0 Å². The van der Waals surface area contributed by atoms with E-state index in [1.807, 2.05) is 0 Å². The number of aliphatic hydroxyl groups excluding tert-OH is 3. The Kier molecular flexibility index (Phi) is 6.53. The van der Waals surface area contributed by atoms with Crippen LogP contribution in [0.4, 0.5) is 0 Å². The first-order valence-electron chi connectivity index (χ1n) is 13.2. The van der Waals surface area contributed by atoms with Crippen molar-refractivity contribution in [1.29, 1.82) is 0 Å². The van der Waals surface area contributed by atoms with Crippen LogP contribution in [0.2, 0.25) is 0 Å². The van der Waals surface area contributed by atoms with Gasteiger partial charge in [-0.15, -0.1) is 0 Å². The Bertz CT molecular complexity index is 710. The van der Waals surface area contributed by atoms with Crippen molar-refractivity contribution in [2.45, 2.75) is 104 Å². The summed E-state index contributed by atoms with van der Waals surface area (Å²) < 4.78 is 0. The number of fused-ring (bicyclic) bond motifs is 5. The van der Waals surface area contributed by atoms with E-state index in [9.17, 15) is 25.2 Å². The third kappa shape index (κ3) is 3.48. The molecule has 0 amide bonds. The molecule has 0 aliphatic heterocycles. The van der Waals surface area contributed by atoms with Crippen LogP contribution < -0.4 is 0 Å². The Balaban J connectivity index is 1.66. The smallest absolute Gasteiger partial charge is 0.306 e. The number of aliphatic hydroxyl groups is 3. The topological polar surface area (TPSA) is 98.0 Å². The second-order valence-electron chi connectivity index (χ2n) is 12.6. The lowest BCUT2D eigenvalue weighted by Crippen LogP contribution is -2.65. The van der Waals surface area contributed by atoms with Gasteiger partial charge in [-0.25, -0.2) is 0 Å². The molecule has 4 saturated carbocycles. The van der Waals surface area contributed by atoms with Gasteiger partial charge in [0.15, 0.2) is 0 Å². The highest BCUT2D eigenvalue weighted by molar-refractivity contribution is 5.69. The number of carboxylic acid groups (broad SMARTS) is 1. The largest absolute Gasteiger partial charge is 0.481 e. The van der Waals surface area contributed by atoms with E-state index in [1.54, 1.807) is 6.92 Å². The summed E-state index contributed by atoms with van der Waals surface area (Å²) in [5.41, 5.74) is -0.205. The number of carboxylic acids is 1. The van der Waals surface area contributed by atoms with Crippen LogP contribution in [-0.4, -0.2) is 44.7 Å². The van der Waals surface area contributed by atoms with E-state index in [0.29, 0.717) is 12.3 Å². The molecule has 0 saturated heterocycles. The average molecular weight is 451 g/mol. The second kappa shape index (κ2) is 8.53. The normalized spacial score (nSPS) is 52.4. The summed E-state index contributed by atoms with van der Waals surface area (Å²) in [6.07, 6.45) is 5.85. The van der Waals surface area contributed by atoms with Crippen LogP contribution in [-0.2, 0) is 4.79 Å². The molecule has 0 aromatic heterocycles. The van der Waals surface area contributed by atoms with Gasteiger partial charge in [0.1, 0.15) is 0 Å². The minimum atomic E-state index is -0.743. The predicted octanol–water partition coefficient (Wildman–Crippen LogP) is 4.33. The van der Waals surface area contributed by atoms with E-state index in [2.05, 4.69) is 27.7 Å². The molecule has 0 radical (unpaired) electrons. The molecule has 0 spiro atoms. The van der Waals surface area contributed by atoms with Crippen molar-refractivity contribution in [3.05, 3.63) is 0 Å². The molecule has 4 N–H and O–H groups in total. The van der Waals surface area contributed by atoms with E-state index >= 15 is 0 Å². The van der Waals surface area contributed by atoms with Gasteiger partial charge in [0, 0.05) is 0 Å². The molecule has 13 atom stereocenters. The molecule has 0 heterocycles. The number of hydrogen-bond acceptors (Lipinski definition) is 4. The van der Waals surface area contributed by atoms with Crippen LogP contribution in [0.1, 0.15) is 86.0 Å². The molecule has 4 aliphatic carbocycles. The zero-order valence-corrected chi connectivity index (χ0v) is 20.7. The Morgan fingerprint density at radius 3 is 2.31 bits per heavy atom. The van der Waals surface area contributed by atoms with E-state index in [0.717, 1.165) is 44.9 Å². The molecule has 32 heavy (non-hydrogen) atoms. The molecular weight excluding hydrogens is 404 g/mol. The molecule has 5 heteroatoms. The van der Waals surface area contributed by atoms with Gasteiger partial charge in [-0.1, -0.05) is 41.0 Å². The fraction of sp³-hybridized carbons (Fsp3) is 0.963. The molecule has 184 valence electrons. The number of aliphatic carboxylic acids is 1. The highest BCUT2D eigenvalue weighted by Crippen LogP contribution is 2.69. The highest BCUT2D eigenvalue weighted by atomic mass is 16.4. The monoisotopic (exact) mass is 450 g/mol. The van der Waals surface area contributed by atoms with E-state index in [4.69, 9.17) is 0 Å². The zero-order chi connectivity index (χ0) is 23.6. The first kappa shape index (κ1) is 24.5. The van der Waals surface area contributed by atoms with Crippen molar-refractivity contribution in [3.8, 4) is 0 Å². The molecule has 0 aromatic rings. The van der Waals surface area contributed by atoms with Crippen molar-refractivity contribution < 1.29 is 25.2 Å². The lowest BCUT2D eigenvalue weighted by Gasteiger charge is -2.65. The molecule has 0 aromatic carbocycles. The lowest BCUT2D eigenvalue weighted by molar-refractivity contribution is -0.228. The van der Waals surface area contributed by atoms with Gasteiger partial charge in [-0.3, -0.25) is 4.79 Å². The van der Waals surface area contributed by atoms with E-state index < -0.39 is 12.1 Å². The molecule has 4 rings (SSSR count). The quantitative estimate of drug-likeness (QED) is 0.500. The number of rotatable bonds is 5. The standard InChI is InChI=1S/C27H46O5/c1-6-17-20-12-16(28)9-10-26(20,4)21-13-22(29)27(5)18(14(2)11-15(3)25(31)32)7-8-19(27)23(21)24(17)30/h14-24,28-30H,6-13H2,1-5H3,(H,31,32)/t14-,15+,16-,17?,18-,19?,20+,21?,22+,23?,24-,26+,27-/m1/s1. The van der Waals surface area contributed by atoms with Gasteiger partial charge >= 0.3 is 5.97 Å². The first-order chi connectivity index (χ1) is 15.0. The van der Waals surface area contributed by atoms with Gasteiger partial charge in [0.2, 0.25) is 0 Å². The second-order valence-corrected chi connectivity index (χ2v) is 12.6. The van der Waals surface area contributed by atoms with E-state index in [1.165, 1.54) is 0 Å². The Morgan fingerprint density at radius 1 is 1.00 bits per heavy atom. The van der Waals surface area contributed by atoms with Gasteiger partial charge in [0.25, 0.3) is 0 Å².